The fraction of sp³-hybridized carbons (Fsp3) is 0.385. The Morgan fingerprint density at radius 2 is 1.84 bits per heavy atom. The molecule has 1 aromatic rings. The van der Waals surface area contributed by atoms with Crippen LogP contribution in [0.15, 0.2) is 24.3 Å². The third kappa shape index (κ3) is 6.30. The highest BCUT2D eigenvalue weighted by Crippen LogP contribution is 2.12. The Morgan fingerprint density at radius 1 is 1.16 bits per heavy atom. The molecule has 0 aromatic heterocycles. The molecule has 0 fully saturated rings. The fourth-order valence-electron chi connectivity index (χ4n) is 1.50. The van der Waals surface area contributed by atoms with Crippen LogP contribution in [0.2, 0.25) is 0 Å². The van der Waals surface area contributed by atoms with Gasteiger partial charge in [-0.15, -0.1) is 0 Å². The minimum atomic E-state index is -0.206. The van der Waals surface area contributed by atoms with Gasteiger partial charge in [0.2, 0.25) is 6.41 Å². The first kappa shape index (κ1) is 14.8. The maximum Gasteiger partial charge on any atom is 0.319 e. The van der Waals surface area contributed by atoms with Crippen LogP contribution in [-0.4, -0.2) is 19.0 Å². The zero-order valence-corrected chi connectivity index (χ0v) is 11.0. The van der Waals surface area contributed by atoms with Crippen LogP contribution in [0.1, 0.15) is 26.2 Å². The lowest BCUT2D eigenvalue weighted by atomic mass is 10.2. The molecule has 4 N–H and O–H groups in total. The summed E-state index contributed by atoms with van der Waals surface area (Å²) in [5, 5.41) is 5.52. The van der Waals surface area contributed by atoms with Crippen LogP contribution in [0.4, 0.5) is 16.2 Å². The third-order valence-corrected chi connectivity index (χ3v) is 2.48. The summed E-state index contributed by atoms with van der Waals surface area (Å²) < 4.78 is 0. The molecule has 0 aliphatic rings. The first-order chi connectivity index (χ1) is 9.26. The number of hydrazine groups is 1. The van der Waals surface area contributed by atoms with E-state index < -0.39 is 0 Å². The van der Waals surface area contributed by atoms with Crippen molar-refractivity contribution in [2.45, 2.75) is 26.2 Å². The van der Waals surface area contributed by atoms with Crippen LogP contribution in [0.25, 0.3) is 0 Å². The predicted molar refractivity (Wildman–Crippen MR) is 75.8 cm³/mol. The Hall–Kier alpha value is -2.24. The molecule has 0 bridgehead atoms. The Morgan fingerprint density at radius 3 is 2.47 bits per heavy atom. The molecule has 0 heterocycles. The van der Waals surface area contributed by atoms with Crippen LogP contribution in [0.3, 0.4) is 0 Å². The average molecular weight is 264 g/mol. The average Bonchev–Trinajstić information content (AvgIpc) is 2.43. The minimum Gasteiger partial charge on any atom is -0.338 e. The van der Waals surface area contributed by atoms with Crippen LogP contribution in [-0.2, 0) is 4.79 Å². The first-order valence-electron chi connectivity index (χ1n) is 6.36. The molecule has 19 heavy (non-hydrogen) atoms. The van der Waals surface area contributed by atoms with Crippen molar-refractivity contribution in [3.63, 3.8) is 0 Å². The summed E-state index contributed by atoms with van der Waals surface area (Å²) in [5.41, 5.74) is 6.45. The fourth-order valence-corrected chi connectivity index (χ4v) is 1.50. The molecule has 6 heteroatoms. The van der Waals surface area contributed by atoms with Crippen molar-refractivity contribution >= 4 is 23.8 Å². The number of amides is 3. The smallest absolute Gasteiger partial charge is 0.319 e. The van der Waals surface area contributed by atoms with Crippen molar-refractivity contribution in [2.24, 2.45) is 0 Å². The molecule has 6 nitrogen and oxygen atoms in total. The van der Waals surface area contributed by atoms with Gasteiger partial charge < -0.3 is 10.6 Å². The third-order valence-electron chi connectivity index (χ3n) is 2.48. The normalized spacial score (nSPS) is 9.53. The minimum absolute atomic E-state index is 0.206. The second kappa shape index (κ2) is 8.79. The Balaban J connectivity index is 2.31. The topological polar surface area (TPSA) is 82.3 Å². The molecule has 1 rings (SSSR count). The largest absolute Gasteiger partial charge is 0.338 e. The number of carbonyl (C=O) groups is 2. The van der Waals surface area contributed by atoms with Gasteiger partial charge in [0.25, 0.3) is 0 Å². The van der Waals surface area contributed by atoms with Crippen LogP contribution >= 0.6 is 0 Å². The van der Waals surface area contributed by atoms with E-state index in [-0.39, 0.29) is 6.03 Å². The zero-order valence-electron chi connectivity index (χ0n) is 11.0. The monoisotopic (exact) mass is 264 g/mol. The van der Waals surface area contributed by atoms with E-state index in [0.717, 1.165) is 24.9 Å². The lowest BCUT2D eigenvalue weighted by Gasteiger charge is -2.08. The number of rotatable bonds is 8. The maximum atomic E-state index is 11.5. The van der Waals surface area contributed by atoms with Gasteiger partial charge in [-0.2, -0.15) is 0 Å². The van der Waals surface area contributed by atoms with Gasteiger partial charge in [0.1, 0.15) is 0 Å². The zero-order chi connectivity index (χ0) is 13.9. The second-order valence-corrected chi connectivity index (χ2v) is 4.05. The molecule has 104 valence electrons. The van der Waals surface area contributed by atoms with Gasteiger partial charge in [-0.3, -0.25) is 15.6 Å². The van der Waals surface area contributed by atoms with E-state index in [0.29, 0.717) is 18.6 Å². The molecule has 0 aliphatic heterocycles. The standard InChI is InChI=1S/C13H20N4O2/c1-2-3-4-9-14-13(19)16-11-5-7-12(8-6-11)17-15-10-18/h5-8,10,17H,2-4,9H2,1H3,(H,15,18)(H2,14,16,19). The van der Waals surface area contributed by atoms with Gasteiger partial charge in [0.05, 0.1) is 5.69 Å². The summed E-state index contributed by atoms with van der Waals surface area (Å²) in [7, 11) is 0. The number of anilines is 2. The summed E-state index contributed by atoms with van der Waals surface area (Å²) in [6.07, 6.45) is 3.79. The number of unbranched alkanes of at least 4 members (excludes halogenated alkanes) is 2. The van der Waals surface area contributed by atoms with Gasteiger partial charge in [-0.05, 0) is 30.7 Å². The number of nitrogens with one attached hydrogen (secondary N) is 4. The Bertz CT molecular complexity index is 392. The lowest BCUT2D eigenvalue weighted by Crippen LogP contribution is -2.29. The highest BCUT2D eigenvalue weighted by Gasteiger charge is 2.00. The number of benzene rings is 1. The van der Waals surface area contributed by atoms with Crippen molar-refractivity contribution in [1.82, 2.24) is 10.7 Å². The number of hydrogen-bond donors (Lipinski definition) is 4. The summed E-state index contributed by atoms with van der Waals surface area (Å²) in [6, 6.07) is 6.80. The SMILES string of the molecule is CCCCCNC(=O)Nc1ccc(NNC=O)cc1. The molecule has 0 radical (unpaired) electrons. The summed E-state index contributed by atoms with van der Waals surface area (Å²) >= 11 is 0. The van der Waals surface area contributed by atoms with Crippen LogP contribution in [0.5, 0.6) is 0 Å². The number of urea groups is 1. The quantitative estimate of drug-likeness (QED) is 0.329. The molecule has 0 aliphatic carbocycles. The van der Waals surface area contributed by atoms with Crippen LogP contribution < -0.4 is 21.5 Å². The predicted octanol–water partition coefficient (Wildman–Crippen LogP) is 2.07. The van der Waals surface area contributed by atoms with E-state index in [4.69, 9.17) is 0 Å². The van der Waals surface area contributed by atoms with Crippen molar-refractivity contribution in [1.29, 1.82) is 0 Å². The summed E-state index contributed by atoms with van der Waals surface area (Å²) in [5.74, 6) is 0. The van der Waals surface area contributed by atoms with E-state index in [1.165, 1.54) is 0 Å². The van der Waals surface area contributed by atoms with Crippen molar-refractivity contribution in [3.8, 4) is 0 Å². The van der Waals surface area contributed by atoms with Gasteiger partial charge in [0.15, 0.2) is 0 Å². The van der Waals surface area contributed by atoms with Crippen molar-refractivity contribution in [2.75, 3.05) is 17.3 Å². The van der Waals surface area contributed by atoms with Gasteiger partial charge in [0, 0.05) is 12.2 Å². The van der Waals surface area contributed by atoms with E-state index in [9.17, 15) is 9.59 Å². The molecular weight excluding hydrogens is 244 g/mol. The van der Waals surface area contributed by atoms with Gasteiger partial charge >= 0.3 is 6.03 Å². The molecule has 3 amide bonds. The van der Waals surface area contributed by atoms with Gasteiger partial charge in [-0.1, -0.05) is 19.8 Å². The second-order valence-electron chi connectivity index (χ2n) is 4.05. The number of hydrogen-bond acceptors (Lipinski definition) is 3. The lowest BCUT2D eigenvalue weighted by molar-refractivity contribution is -0.109. The van der Waals surface area contributed by atoms with Crippen molar-refractivity contribution in [3.05, 3.63) is 24.3 Å². The van der Waals surface area contributed by atoms with E-state index in [2.05, 4.69) is 28.4 Å². The van der Waals surface area contributed by atoms with Crippen molar-refractivity contribution < 1.29 is 9.59 Å². The molecular formula is C13H20N4O2. The molecule has 0 atom stereocenters. The summed E-state index contributed by atoms with van der Waals surface area (Å²) in [4.78, 5) is 21.6. The molecule has 0 unspecified atom stereocenters. The van der Waals surface area contributed by atoms with E-state index in [1.54, 1.807) is 24.3 Å². The maximum absolute atomic E-state index is 11.5. The Labute approximate surface area is 112 Å². The highest BCUT2D eigenvalue weighted by atomic mass is 16.2. The molecule has 1 aromatic carbocycles. The molecule has 0 saturated carbocycles. The first-order valence-corrected chi connectivity index (χ1v) is 6.36. The molecule has 0 spiro atoms. The highest BCUT2D eigenvalue weighted by molar-refractivity contribution is 5.89. The molecule has 0 saturated heterocycles. The number of carbonyl (C=O) groups excluding carboxylic acids is 2. The summed E-state index contributed by atoms with van der Waals surface area (Å²) in [6.45, 7) is 2.80. The van der Waals surface area contributed by atoms with E-state index in [1.807, 2.05) is 0 Å². The van der Waals surface area contributed by atoms with Gasteiger partial charge in [-0.25, -0.2) is 4.79 Å². The van der Waals surface area contributed by atoms with E-state index >= 15 is 0 Å². The Kier molecular flexibility index (Phi) is 6.86. The van der Waals surface area contributed by atoms with Crippen LogP contribution in [0, 0.1) is 0 Å².